The molecule has 1 saturated heterocycles. The Balaban J connectivity index is 1.92. The van der Waals surface area contributed by atoms with Gasteiger partial charge in [-0.3, -0.25) is 19.3 Å². The fourth-order valence-corrected chi connectivity index (χ4v) is 4.27. The Morgan fingerprint density at radius 3 is 2.37 bits per heavy atom. The summed E-state index contributed by atoms with van der Waals surface area (Å²) in [5, 5.41) is 14.1. The molecule has 0 saturated carbocycles. The van der Waals surface area contributed by atoms with Crippen LogP contribution in [0.2, 0.25) is 0 Å². The first-order chi connectivity index (χ1) is 16.7. The summed E-state index contributed by atoms with van der Waals surface area (Å²) >= 11 is 0. The number of Topliss-reactive ketones (excluding diaryl/α,β-unsaturated/α-hetero) is 1. The van der Waals surface area contributed by atoms with E-state index in [4.69, 9.17) is 4.74 Å². The van der Waals surface area contributed by atoms with Gasteiger partial charge in [0.05, 0.1) is 18.7 Å². The first-order valence-electron chi connectivity index (χ1n) is 11.1. The predicted molar refractivity (Wildman–Crippen MR) is 134 cm³/mol. The number of aliphatic hydroxyl groups is 1. The van der Waals surface area contributed by atoms with E-state index in [1.54, 1.807) is 54.6 Å². The van der Waals surface area contributed by atoms with Gasteiger partial charge >= 0.3 is 0 Å². The zero-order valence-corrected chi connectivity index (χ0v) is 20.0. The summed E-state index contributed by atoms with van der Waals surface area (Å²) in [6.07, 6.45) is 0. The second kappa shape index (κ2) is 9.46. The number of hydrogen-bond acceptors (Lipinski definition) is 5. The van der Waals surface area contributed by atoms with Crippen LogP contribution in [0.25, 0.3) is 5.76 Å². The van der Waals surface area contributed by atoms with Crippen molar-refractivity contribution in [3.8, 4) is 5.75 Å². The van der Waals surface area contributed by atoms with Crippen molar-refractivity contribution in [1.82, 2.24) is 0 Å². The van der Waals surface area contributed by atoms with Crippen molar-refractivity contribution in [2.45, 2.75) is 26.8 Å². The van der Waals surface area contributed by atoms with Crippen LogP contribution in [0.15, 0.2) is 72.3 Å². The molecule has 0 bridgehead atoms. The number of aryl methyl sites for hydroxylation is 2. The van der Waals surface area contributed by atoms with E-state index in [0.717, 1.165) is 11.1 Å². The summed E-state index contributed by atoms with van der Waals surface area (Å²) in [4.78, 5) is 39.4. The summed E-state index contributed by atoms with van der Waals surface area (Å²) in [5.74, 6) is -1.42. The molecule has 2 N–H and O–H groups in total. The van der Waals surface area contributed by atoms with Crippen LogP contribution in [0.1, 0.15) is 35.2 Å². The number of benzene rings is 3. The van der Waals surface area contributed by atoms with Crippen LogP contribution in [0.4, 0.5) is 11.4 Å². The minimum Gasteiger partial charge on any atom is -0.507 e. The van der Waals surface area contributed by atoms with E-state index in [1.165, 1.54) is 18.9 Å². The number of carbonyl (C=O) groups is 3. The highest BCUT2D eigenvalue weighted by Gasteiger charge is 2.47. The van der Waals surface area contributed by atoms with Gasteiger partial charge in [0.15, 0.2) is 0 Å². The van der Waals surface area contributed by atoms with Crippen LogP contribution >= 0.6 is 0 Å². The largest absolute Gasteiger partial charge is 0.507 e. The Labute approximate surface area is 203 Å². The van der Waals surface area contributed by atoms with Gasteiger partial charge in [0.1, 0.15) is 11.5 Å². The minimum absolute atomic E-state index is 0.00268. The number of carbonyl (C=O) groups excluding carboxylic acids is 3. The molecule has 1 atom stereocenters. The van der Waals surface area contributed by atoms with Gasteiger partial charge in [-0.2, -0.15) is 0 Å². The van der Waals surface area contributed by atoms with Crippen molar-refractivity contribution in [3.63, 3.8) is 0 Å². The van der Waals surface area contributed by atoms with Gasteiger partial charge < -0.3 is 15.2 Å². The Hall–Kier alpha value is -4.39. The van der Waals surface area contributed by atoms with Crippen LogP contribution in [0, 0.1) is 13.8 Å². The van der Waals surface area contributed by atoms with Gasteiger partial charge in [-0.15, -0.1) is 0 Å². The van der Waals surface area contributed by atoms with Crippen molar-refractivity contribution >= 4 is 34.7 Å². The number of nitrogens with one attached hydrogen (secondary N) is 1. The molecule has 1 fully saturated rings. The topological polar surface area (TPSA) is 95.9 Å². The third-order valence-electron chi connectivity index (χ3n) is 5.97. The second-order valence-corrected chi connectivity index (χ2v) is 8.49. The maximum atomic E-state index is 13.4. The molecule has 2 amide bonds. The zero-order chi connectivity index (χ0) is 25.3. The van der Waals surface area contributed by atoms with E-state index >= 15 is 0 Å². The zero-order valence-electron chi connectivity index (χ0n) is 20.0. The highest BCUT2D eigenvalue weighted by Crippen LogP contribution is 2.43. The Bertz CT molecular complexity index is 1360. The Kier molecular flexibility index (Phi) is 6.42. The number of aliphatic hydroxyl groups excluding tert-OH is 1. The number of amides is 2. The molecular weight excluding hydrogens is 444 g/mol. The molecule has 1 heterocycles. The fraction of sp³-hybridized carbons (Fsp3) is 0.179. The van der Waals surface area contributed by atoms with Crippen molar-refractivity contribution in [1.29, 1.82) is 0 Å². The summed E-state index contributed by atoms with van der Waals surface area (Å²) in [5.41, 5.74) is 3.82. The molecule has 35 heavy (non-hydrogen) atoms. The Morgan fingerprint density at radius 1 is 1.00 bits per heavy atom. The molecule has 1 aliphatic rings. The van der Waals surface area contributed by atoms with Crippen LogP contribution in [0.5, 0.6) is 5.75 Å². The lowest BCUT2D eigenvalue weighted by Crippen LogP contribution is -2.29. The van der Waals surface area contributed by atoms with E-state index in [-0.39, 0.29) is 17.2 Å². The van der Waals surface area contributed by atoms with E-state index < -0.39 is 17.7 Å². The van der Waals surface area contributed by atoms with E-state index in [9.17, 15) is 19.5 Å². The molecule has 0 aromatic heterocycles. The number of hydrogen-bond donors (Lipinski definition) is 2. The third kappa shape index (κ3) is 4.53. The first-order valence-corrected chi connectivity index (χ1v) is 11.1. The van der Waals surface area contributed by atoms with Gasteiger partial charge in [0.2, 0.25) is 5.91 Å². The van der Waals surface area contributed by atoms with Gasteiger partial charge in [0, 0.05) is 23.9 Å². The lowest BCUT2D eigenvalue weighted by molar-refractivity contribution is -0.132. The summed E-state index contributed by atoms with van der Waals surface area (Å²) in [6.45, 7) is 5.14. The predicted octanol–water partition coefficient (Wildman–Crippen LogP) is 4.90. The third-order valence-corrected chi connectivity index (χ3v) is 5.97. The van der Waals surface area contributed by atoms with E-state index in [0.29, 0.717) is 28.3 Å². The minimum atomic E-state index is -0.878. The molecule has 0 spiro atoms. The number of methoxy groups -OCH3 is 1. The highest BCUT2D eigenvalue weighted by molar-refractivity contribution is 6.51. The van der Waals surface area contributed by atoms with Crippen molar-refractivity contribution in [3.05, 3.63) is 94.6 Å². The average Bonchev–Trinajstić information content (AvgIpc) is 3.11. The number of anilines is 2. The molecule has 178 valence electrons. The van der Waals surface area contributed by atoms with Crippen LogP contribution in [-0.2, 0) is 14.4 Å². The number of ether oxygens (including phenoxy) is 1. The molecule has 0 radical (unpaired) electrons. The lowest BCUT2D eigenvalue weighted by Gasteiger charge is -2.26. The lowest BCUT2D eigenvalue weighted by atomic mass is 9.93. The molecule has 0 aliphatic carbocycles. The molecule has 7 heteroatoms. The van der Waals surface area contributed by atoms with E-state index in [2.05, 4.69) is 5.32 Å². The summed E-state index contributed by atoms with van der Waals surface area (Å²) in [6, 6.07) is 18.4. The number of ketones is 1. The Morgan fingerprint density at radius 2 is 1.71 bits per heavy atom. The second-order valence-electron chi connectivity index (χ2n) is 8.49. The molecular formula is C28H26N2O5. The van der Waals surface area contributed by atoms with Gasteiger partial charge in [0.25, 0.3) is 11.7 Å². The normalized spacial score (nSPS) is 16.9. The molecule has 4 rings (SSSR count). The van der Waals surface area contributed by atoms with Gasteiger partial charge in [-0.1, -0.05) is 29.8 Å². The van der Waals surface area contributed by atoms with Crippen molar-refractivity contribution in [2.75, 3.05) is 17.3 Å². The standard InChI is InChI=1S/C28H26N2O5/c1-16-8-9-17(2)23(14-16)26(32)24-25(19-6-5-7-22(15-19)35-4)30(28(34)27(24)33)21-12-10-20(11-13-21)29-18(3)31/h5-15,25,32H,1-4H3,(H,29,31)/b26-24+. The summed E-state index contributed by atoms with van der Waals surface area (Å²) in [7, 11) is 1.53. The highest BCUT2D eigenvalue weighted by atomic mass is 16.5. The fourth-order valence-electron chi connectivity index (χ4n) is 4.27. The van der Waals surface area contributed by atoms with Crippen molar-refractivity contribution < 1.29 is 24.2 Å². The van der Waals surface area contributed by atoms with Crippen LogP contribution in [-0.4, -0.2) is 29.8 Å². The SMILES string of the molecule is COc1cccc(C2/C(=C(\O)c3cc(C)ccc3C)C(=O)C(=O)N2c2ccc(NC(C)=O)cc2)c1. The molecule has 3 aromatic rings. The van der Waals surface area contributed by atoms with Crippen LogP contribution < -0.4 is 15.0 Å². The first kappa shape index (κ1) is 23.8. The van der Waals surface area contributed by atoms with E-state index in [1.807, 2.05) is 26.0 Å². The smallest absolute Gasteiger partial charge is 0.300 e. The van der Waals surface area contributed by atoms with Gasteiger partial charge in [-0.05, 0) is 67.4 Å². The quantitative estimate of drug-likeness (QED) is 0.314. The number of nitrogens with zero attached hydrogens (tertiary/aromatic N) is 1. The molecule has 1 aliphatic heterocycles. The maximum absolute atomic E-state index is 13.4. The molecule has 1 unspecified atom stereocenters. The van der Waals surface area contributed by atoms with Gasteiger partial charge in [-0.25, -0.2) is 0 Å². The maximum Gasteiger partial charge on any atom is 0.300 e. The van der Waals surface area contributed by atoms with Crippen molar-refractivity contribution in [2.24, 2.45) is 0 Å². The molecule has 7 nitrogen and oxygen atoms in total. The average molecular weight is 471 g/mol. The summed E-state index contributed by atoms with van der Waals surface area (Å²) < 4.78 is 5.37. The number of rotatable bonds is 5. The van der Waals surface area contributed by atoms with Crippen LogP contribution in [0.3, 0.4) is 0 Å². The monoisotopic (exact) mass is 470 g/mol. The molecule has 3 aromatic carbocycles.